The first kappa shape index (κ1) is 23.1. The fraction of sp³-hybridized carbons (Fsp3) is 0.957. The fourth-order valence-corrected chi connectivity index (χ4v) is 9.16. The van der Waals surface area contributed by atoms with Gasteiger partial charge in [-0.3, -0.25) is 4.79 Å². The Bertz CT molecular complexity index is 492. The smallest absolute Gasteiger partial charge is 0.192 e. The number of Topliss-reactive ketones (excluding diaryl/α,β-unsaturated/α-hetero) is 1. The monoisotopic (exact) mass is 396 g/mol. The molecule has 0 unspecified atom stereocenters. The Morgan fingerprint density at radius 2 is 1.81 bits per heavy atom. The van der Waals surface area contributed by atoms with E-state index in [4.69, 9.17) is 9.16 Å². The van der Waals surface area contributed by atoms with Crippen LogP contribution < -0.4 is 0 Å². The molecule has 0 amide bonds. The average Bonchev–Trinajstić information content (AvgIpc) is 2.98. The summed E-state index contributed by atoms with van der Waals surface area (Å²) >= 11 is 0. The maximum absolute atomic E-state index is 12.4. The van der Waals surface area contributed by atoms with E-state index >= 15 is 0 Å². The topological polar surface area (TPSA) is 35.5 Å². The predicted molar refractivity (Wildman–Crippen MR) is 116 cm³/mol. The van der Waals surface area contributed by atoms with Gasteiger partial charge < -0.3 is 9.16 Å². The SMILES string of the molecule is CC[Si](CC)(CC)OC(C)(C)CCO[C@@H](C)[C@H]1CC[C@H]2C(=O)CCC[C@]12C. The molecular formula is C23H44O3Si. The highest BCUT2D eigenvalue weighted by molar-refractivity contribution is 6.73. The first-order chi connectivity index (χ1) is 12.6. The summed E-state index contributed by atoms with van der Waals surface area (Å²) in [7, 11) is -1.59. The summed E-state index contributed by atoms with van der Waals surface area (Å²) in [5, 5.41) is 0. The first-order valence-corrected chi connectivity index (χ1v) is 14.0. The summed E-state index contributed by atoms with van der Waals surface area (Å²) in [5.74, 6) is 1.31. The summed E-state index contributed by atoms with van der Waals surface area (Å²) in [6.07, 6.45) is 6.43. The molecule has 0 aromatic heterocycles. The van der Waals surface area contributed by atoms with Gasteiger partial charge in [-0.2, -0.15) is 0 Å². The summed E-state index contributed by atoms with van der Waals surface area (Å²) in [4.78, 5) is 12.4. The molecule has 4 atom stereocenters. The lowest BCUT2D eigenvalue weighted by molar-refractivity contribution is -0.131. The highest BCUT2D eigenvalue weighted by Crippen LogP contribution is 2.55. The molecule has 2 aliphatic carbocycles. The van der Waals surface area contributed by atoms with Crippen molar-refractivity contribution >= 4 is 14.1 Å². The molecule has 0 saturated heterocycles. The molecule has 2 rings (SSSR count). The molecule has 2 fully saturated rings. The molecular weight excluding hydrogens is 352 g/mol. The zero-order chi connectivity index (χ0) is 20.3. The van der Waals surface area contributed by atoms with Crippen molar-refractivity contribution in [3.05, 3.63) is 0 Å². The molecule has 2 saturated carbocycles. The van der Waals surface area contributed by atoms with E-state index in [1.165, 1.54) is 24.6 Å². The highest BCUT2D eigenvalue weighted by atomic mass is 28.4. The number of rotatable bonds is 10. The van der Waals surface area contributed by atoms with E-state index in [1.54, 1.807) is 0 Å². The van der Waals surface area contributed by atoms with Gasteiger partial charge >= 0.3 is 0 Å². The molecule has 27 heavy (non-hydrogen) atoms. The van der Waals surface area contributed by atoms with Crippen molar-refractivity contribution in [3.63, 3.8) is 0 Å². The molecule has 0 aromatic rings. The van der Waals surface area contributed by atoms with Gasteiger partial charge in [0.05, 0.1) is 11.7 Å². The van der Waals surface area contributed by atoms with Gasteiger partial charge in [0.1, 0.15) is 5.78 Å². The van der Waals surface area contributed by atoms with Crippen molar-refractivity contribution in [2.75, 3.05) is 6.61 Å². The Labute approximate surface area is 169 Å². The van der Waals surface area contributed by atoms with Gasteiger partial charge in [-0.15, -0.1) is 0 Å². The van der Waals surface area contributed by atoms with Gasteiger partial charge in [0, 0.05) is 18.9 Å². The van der Waals surface area contributed by atoms with Crippen LogP contribution in [0.2, 0.25) is 18.1 Å². The largest absolute Gasteiger partial charge is 0.412 e. The lowest BCUT2D eigenvalue weighted by Gasteiger charge is -2.42. The van der Waals surface area contributed by atoms with Crippen molar-refractivity contribution in [1.82, 2.24) is 0 Å². The minimum absolute atomic E-state index is 0.114. The summed E-state index contributed by atoms with van der Waals surface area (Å²) in [5.41, 5.74) is 0.0480. The van der Waals surface area contributed by atoms with E-state index < -0.39 is 8.32 Å². The van der Waals surface area contributed by atoms with Crippen molar-refractivity contribution in [3.8, 4) is 0 Å². The van der Waals surface area contributed by atoms with Crippen LogP contribution in [-0.2, 0) is 14.0 Å². The summed E-state index contributed by atoms with van der Waals surface area (Å²) < 4.78 is 13.1. The van der Waals surface area contributed by atoms with E-state index in [1.807, 2.05) is 0 Å². The third-order valence-electron chi connectivity index (χ3n) is 8.01. The molecule has 3 nitrogen and oxygen atoms in total. The molecule has 0 heterocycles. The molecule has 4 heteroatoms. The maximum Gasteiger partial charge on any atom is 0.192 e. The molecule has 0 N–H and O–H groups in total. The minimum atomic E-state index is -1.59. The molecule has 2 aliphatic rings. The molecule has 0 aliphatic heterocycles. The van der Waals surface area contributed by atoms with Crippen LogP contribution in [0.3, 0.4) is 0 Å². The molecule has 0 radical (unpaired) electrons. The van der Waals surface area contributed by atoms with Crippen LogP contribution in [-0.4, -0.2) is 32.4 Å². The third-order valence-corrected chi connectivity index (χ3v) is 12.9. The van der Waals surface area contributed by atoms with Crippen molar-refractivity contribution < 1.29 is 14.0 Å². The second-order valence-corrected chi connectivity index (χ2v) is 14.7. The fourth-order valence-electron chi connectivity index (χ4n) is 5.95. The zero-order valence-electron chi connectivity index (χ0n) is 19.0. The third kappa shape index (κ3) is 5.05. The van der Waals surface area contributed by atoms with Gasteiger partial charge in [-0.1, -0.05) is 27.7 Å². The Balaban J connectivity index is 1.88. The molecule has 0 spiro atoms. The van der Waals surface area contributed by atoms with E-state index in [0.717, 1.165) is 38.7 Å². The van der Waals surface area contributed by atoms with Crippen molar-refractivity contribution in [1.29, 1.82) is 0 Å². The van der Waals surface area contributed by atoms with E-state index in [0.29, 0.717) is 11.7 Å². The number of carbonyl (C=O) groups excluding carboxylic acids is 1. The average molecular weight is 397 g/mol. The second-order valence-electron chi connectivity index (χ2n) is 9.99. The van der Waals surface area contributed by atoms with E-state index in [2.05, 4.69) is 48.5 Å². The first-order valence-electron chi connectivity index (χ1n) is 11.5. The quantitative estimate of drug-likeness (QED) is 0.403. The number of ether oxygens (including phenoxy) is 1. The summed E-state index contributed by atoms with van der Waals surface area (Å²) in [6.45, 7) is 16.7. The maximum atomic E-state index is 12.4. The van der Waals surface area contributed by atoms with Gasteiger partial charge in [-0.05, 0) is 82.3 Å². The van der Waals surface area contributed by atoms with Crippen LogP contribution >= 0.6 is 0 Å². The minimum Gasteiger partial charge on any atom is -0.412 e. The Morgan fingerprint density at radius 3 is 2.41 bits per heavy atom. The second kappa shape index (κ2) is 9.09. The van der Waals surface area contributed by atoms with Crippen LogP contribution in [0.5, 0.6) is 0 Å². The predicted octanol–water partition coefficient (Wildman–Crippen LogP) is 6.37. The Kier molecular flexibility index (Phi) is 7.77. The number of hydrogen-bond donors (Lipinski definition) is 0. The standard InChI is InChI=1S/C23H44O3Si/c1-8-27(9-2,10-3)26-22(5,6)16-17-25-18(4)19-13-14-20-21(24)12-11-15-23(19,20)7/h18-20H,8-17H2,1-7H3/t18-,19+,20-,23+/m0/s1. The van der Waals surface area contributed by atoms with Crippen LogP contribution in [0.1, 0.15) is 87.0 Å². The molecule has 0 bridgehead atoms. The highest BCUT2D eigenvalue weighted by Gasteiger charge is 2.52. The van der Waals surface area contributed by atoms with Gasteiger partial charge in [-0.25, -0.2) is 0 Å². The molecule has 0 aromatic carbocycles. The van der Waals surface area contributed by atoms with Crippen LogP contribution in [0.15, 0.2) is 0 Å². The number of carbonyl (C=O) groups is 1. The van der Waals surface area contributed by atoms with Crippen LogP contribution in [0.4, 0.5) is 0 Å². The normalized spacial score (nSPS) is 30.4. The van der Waals surface area contributed by atoms with Crippen molar-refractivity contribution in [2.45, 2.75) is 117 Å². The number of hydrogen-bond acceptors (Lipinski definition) is 3. The lowest BCUT2D eigenvalue weighted by Crippen LogP contribution is -2.45. The zero-order valence-corrected chi connectivity index (χ0v) is 20.0. The Morgan fingerprint density at radius 1 is 1.19 bits per heavy atom. The van der Waals surface area contributed by atoms with Crippen molar-refractivity contribution in [2.24, 2.45) is 17.3 Å². The van der Waals surface area contributed by atoms with Gasteiger partial charge in [0.15, 0.2) is 8.32 Å². The number of ketones is 1. The molecule has 158 valence electrons. The van der Waals surface area contributed by atoms with Gasteiger partial charge in [0.2, 0.25) is 0 Å². The van der Waals surface area contributed by atoms with Crippen LogP contribution in [0, 0.1) is 17.3 Å². The van der Waals surface area contributed by atoms with Crippen LogP contribution in [0.25, 0.3) is 0 Å². The van der Waals surface area contributed by atoms with Gasteiger partial charge in [0.25, 0.3) is 0 Å². The lowest BCUT2D eigenvalue weighted by atomic mass is 9.64. The number of fused-ring (bicyclic) bond motifs is 1. The van der Waals surface area contributed by atoms with E-state index in [-0.39, 0.29) is 23.0 Å². The van der Waals surface area contributed by atoms with E-state index in [9.17, 15) is 4.79 Å². The summed E-state index contributed by atoms with van der Waals surface area (Å²) in [6, 6.07) is 3.57. The Hall–Kier alpha value is -0.193.